The topological polar surface area (TPSA) is 49.9 Å². The van der Waals surface area contributed by atoms with Crippen LogP contribution in [0.3, 0.4) is 0 Å². The van der Waals surface area contributed by atoms with Gasteiger partial charge in [0.15, 0.2) is 6.10 Å². The lowest BCUT2D eigenvalue weighted by Gasteiger charge is -2.28. The maximum atomic E-state index is 13.7. The number of para-hydroxylation sites is 1. The lowest BCUT2D eigenvalue weighted by molar-refractivity contribution is -0.126. The van der Waals surface area contributed by atoms with Crippen LogP contribution in [0, 0.1) is 26.7 Å². The quantitative estimate of drug-likeness (QED) is 0.578. The number of hydrogen-bond donors (Lipinski definition) is 0. The number of benzene rings is 2. The molecule has 2 saturated heterocycles. The number of hydroxylamine groups is 1. The Bertz CT molecular complexity index is 1100. The van der Waals surface area contributed by atoms with E-state index in [1.54, 1.807) is 16.4 Å². The molecule has 2 aliphatic heterocycles. The molecule has 0 spiro atoms. The molecule has 30 heavy (non-hydrogen) atoms. The molecular formula is C24H22N2O3S. The summed E-state index contributed by atoms with van der Waals surface area (Å²) in [6.45, 7) is 5.90. The molecule has 3 aromatic rings. The largest absolute Gasteiger partial charge is 0.273 e. The van der Waals surface area contributed by atoms with Crippen LogP contribution in [0.1, 0.15) is 27.6 Å². The molecule has 2 aromatic carbocycles. The zero-order valence-corrected chi connectivity index (χ0v) is 17.8. The summed E-state index contributed by atoms with van der Waals surface area (Å²) in [7, 11) is 0. The summed E-state index contributed by atoms with van der Waals surface area (Å²) in [4.78, 5) is 35.6. The summed E-state index contributed by atoms with van der Waals surface area (Å²) in [5.74, 6) is -1.08. The van der Waals surface area contributed by atoms with Gasteiger partial charge >= 0.3 is 0 Å². The second kappa shape index (κ2) is 7.07. The molecule has 0 unspecified atom stereocenters. The third-order valence-electron chi connectivity index (χ3n) is 5.82. The predicted octanol–water partition coefficient (Wildman–Crippen LogP) is 4.72. The molecule has 0 bridgehead atoms. The van der Waals surface area contributed by atoms with Gasteiger partial charge in [0.25, 0.3) is 5.91 Å². The molecule has 0 radical (unpaired) electrons. The molecule has 0 saturated carbocycles. The van der Waals surface area contributed by atoms with Crippen LogP contribution in [0.2, 0.25) is 0 Å². The van der Waals surface area contributed by atoms with Crippen LogP contribution in [0.25, 0.3) is 0 Å². The molecule has 2 fully saturated rings. The van der Waals surface area contributed by atoms with Crippen LogP contribution in [0.5, 0.6) is 0 Å². The normalized spacial score (nSPS) is 23.4. The van der Waals surface area contributed by atoms with E-state index < -0.39 is 12.0 Å². The molecule has 5 rings (SSSR count). The molecule has 3 heterocycles. The number of nitrogens with zero attached hydrogens (tertiary/aromatic N) is 2. The Hall–Kier alpha value is -2.96. The Morgan fingerprint density at radius 1 is 0.900 bits per heavy atom. The van der Waals surface area contributed by atoms with Gasteiger partial charge in [-0.1, -0.05) is 42.0 Å². The Labute approximate surface area is 179 Å². The molecule has 2 amide bonds. The minimum atomic E-state index is -0.829. The second-order valence-electron chi connectivity index (χ2n) is 7.93. The minimum Gasteiger partial charge on any atom is -0.273 e. The van der Waals surface area contributed by atoms with Crippen LogP contribution >= 0.6 is 11.3 Å². The van der Waals surface area contributed by atoms with Gasteiger partial charge in [-0.15, -0.1) is 11.3 Å². The zero-order valence-electron chi connectivity index (χ0n) is 17.0. The van der Waals surface area contributed by atoms with Crippen molar-refractivity contribution in [1.82, 2.24) is 0 Å². The molecule has 3 atom stereocenters. The van der Waals surface area contributed by atoms with Gasteiger partial charge in [-0.25, -0.2) is 9.96 Å². The molecular weight excluding hydrogens is 396 g/mol. The van der Waals surface area contributed by atoms with Crippen LogP contribution in [-0.4, -0.2) is 17.9 Å². The van der Waals surface area contributed by atoms with Gasteiger partial charge in [0, 0.05) is 4.88 Å². The van der Waals surface area contributed by atoms with Crippen LogP contribution in [-0.2, 0) is 14.4 Å². The number of fused-ring (bicyclic) bond motifs is 1. The van der Waals surface area contributed by atoms with E-state index >= 15 is 0 Å². The third-order valence-corrected chi connectivity index (χ3v) is 6.76. The standard InChI is InChI=1S/C24H22N2O3S/c1-14-12-15(2)20(16(3)13-14)25-23(27)19-21(18-10-7-11-30-18)26(29-22(19)24(25)28)17-8-5-4-6-9-17/h4-13,19,21-22H,1-3H3/t19-,21-,22-/m0/s1. The number of rotatable bonds is 3. The average Bonchev–Trinajstić information content (AvgIpc) is 3.42. The first kappa shape index (κ1) is 19.0. The number of anilines is 2. The number of thiophene rings is 1. The van der Waals surface area contributed by atoms with E-state index in [4.69, 9.17) is 4.84 Å². The van der Waals surface area contributed by atoms with Crippen molar-refractivity contribution in [2.45, 2.75) is 32.9 Å². The van der Waals surface area contributed by atoms with Crippen molar-refractivity contribution in [2.75, 3.05) is 9.96 Å². The SMILES string of the molecule is Cc1cc(C)c(N2C(=O)[C@@H]3[C@H](ON(c4ccccc4)[C@H]3c3cccs3)C2=O)c(C)c1. The van der Waals surface area contributed by atoms with Crippen molar-refractivity contribution in [1.29, 1.82) is 0 Å². The predicted molar refractivity (Wildman–Crippen MR) is 117 cm³/mol. The minimum absolute atomic E-state index is 0.197. The summed E-state index contributed by atoms with van der Waals surface area (Å²) in [5.41, 5.74) is 4.46. The first-order chi connectivity index (χ1) is 14.5. The first-order valence-electron chi connectivity index (χ1n) is 9.97. The fourth-order valence-corrected chi connectivity index (χ4v) is 5.56. The molecule has 5 nitrogen and oxygen atoms in total. The second-order valence-corrected chi connectivity index (χ2v) is 8.91. The zero-order chi connectivity index (χ0) is 21.0. The lowest BCUT2D eigenvalue weighted by atomic mass is 9.95. The van der Waals surface area contributed by atoms with Crippen LogP contribution in [0.15, 0.2) is 60.0 Å². The summed E-state index contributed by atoms with van der Waals surface area (Å²) in [6, 6.07) is 17.3. The van der Waals surface area contributed by atoms with E-state index in [0.717, 1.165) is 27.3 Å². The van der Waals surface area contributed by atoms with E-state index in [9.17, 15) is 9.59 Å². The molecule has 152 valence electrons. The molecule has 2 aliphatic rings. The Balaban J connectivity index is 1.60. The summed E-state index contributed by atoms with van der Waals surface area (Å²) < 4.78 is 0. The Morgan fingerprint density at radius 3 is 2.23 bits per heavy atom. The van der Waals surface area contributed by atoms with Crippen molar-refractivity contribution in [3.8, 4) is 0 Å². The van der Waals surface area contributed by atoms with Crippen molar-refractivity contribution in [2.24, 2.45) is 5.92 Å². The summed E-state index contributed by atoms with van der Waals surface area (Å²) in [6.07, 6.45) is -0.829. The Morgan fingerprint density at radius 2 is 1.60 bits per heavy atom. The van der Waals surface area contributed by atoms with Crippen molar-refractivity contribution in [3.63, 3.8) is 0 Å². The maximum Gasteiger partial charge on any atom is 0.266 e. The van der Waals surface area contributed by atoms with E-state index in [2.05, 4.69) is 0 Å². The smallest absolute Gasteiger partial charge is 0.266 e. The van der Waals surface area contributed by atoms with Gasteiger partial charge < -0.3 is 0 Å². The number of carbonyl (C=O) groups excluding carboxylic acids is 2. The van der Waals surface area contributed by atoms with Gasteiger partial charge in [0.05, 0.1) is 11.4 Å². The summed E-state index contributed by atoms with van der Waals surface area (Å²) >= 11 is 1.57. The van der Waals surface area contributed by atoms with Crippen molar-refractivity contribution >= 4 is 34.5 Å². The molecule has 0 N–H and O–H groups in total. The third kappa shape index (κ3) is 2.79. The highest BCUT2D eigenvalue weighted by Gasteiger charge is 2.60. The molecule has 6 heteroatoms. The van der Waals surface area contributed by atoms with Crippen molar-refractivity contribution in [3.05, 3.63) is 81.5 Å². The first-order valence-corrected chi connectivity index (χ1v) is 10.9. The van der Waals surface area contributed by atoms with Gasteiger partial charge in [-0.2, -0.15) is 0 Å². The van der Waals surface area contributed by atoms with Crippen LogP contribution in [0.4, 0.5) is 11.4 Å². The van der Waals surface area contributed by atoms with Gasteiger partial charge in [-0.05, 0) is 55.5 Å². The van der Waals surface area contributed by atoms with Gasteiger partial charge in [-0.3, -0.25) is 14.4 Å². The van der Waals surface area contributed by atoms with E-state index in [1.165, 1.54) is 4.90 Å². The van der Waals surface area contributed by atoms with Gasteiger partial charge in [0.2, 0.25) is 5.91 Å². The molecule has 1 aromatic heterocycles. The monoisotopic (exact) mass is 418 g/mol. The van der Waals surface area contributed by atoms with Crippen LogP contribution < -0.4 is 9.96 Å². The van der Waals surface area contributed by atoms with Crippen molar-refractivity contribution < 1.29 is 14.4 Å². The number of hydrogen-bond acceptors (Lipinski definition) is 5. The lowest BCUT2D eigenvalue weighted by Crippen LogP contribution is -2.38. The fraction of sp³-hybridized carbons (Fsp3) is 0.250. The number of amides is 2. The molecule has 0 aliphatic carbocycles. The highest BCUT2D eigenvalue weighted by Crippen LogP contribution is 2.49. The number of imide groups is 1. The maximum absolute atomic E-state index is 13.7. The average molecular weight is 419 g/mol. The van der Waals surface area contributed by atoms with E-state index in [-0.39, 0.29) is 17.9 Å². The highest BCUT2D eigenvalue weighted by atomic mass is 32.1. The highest BCUT2D eigenvalue weighted by molar-refractivity contribution is 7.10. The fourth-order valence-electron chi connectivity index (χ4n) is 4.71. The number of carbonyl (C=O) groups is 2. The van der Waals surface area contributed by atoms with E-state index in [1.807, 2.05) is 80.7 Å². The summed E-state index contributed by atoms with van der Waals surface area (Å²) in [5, 5.41) is 3.72. The number of aryl methyl sites for hydroxylation is 3. The Kier molecular flexibility index (Phi) is 4.49. The van der Waals surface area contributed by atoms with E-state index in [0.29, 0.717) is 5.69 Å². The van der Waals surface area contributed by atoms with Gasteiger partial charge in [0.1, 0.15) is 12.0 Å².